The molecule has 1 heterocycles. The molecule has 0 fully saturated rings. The second-order valence-corrected chi connectivity index (χ2v) is 4.25. The lowest BCUT2D eigenvalue weighted by Crippen LogP contribution is -2.19. The molecule has 1 N–H and O–H groups in total. The summed E-state index contributed by atoms with van der Waals surface area (Å²) in [6.07, 6.45) is 0. The van der Waals surface area contributed by atoms with Crippen LogP contribution in [0.25, 0.3) is 0 Å². The SMILES string of the molecule is CNC(=O)c1nc(C(C)(C)C)c(C)o1. The fourth-order valence-electron chi connectivity index (χ4n) is 1.30. The molecule has 0 unspecified atom stereocenters. The van der Waals surface area contributed by atoms with Crippen LogP contribution >= 0.6 is 0 Å². The number of hydrogen-bond donors (Lipinski definition) is 1. The number of carbonyl (C=O) groups excluding carboxylic acids is 1. The normalized spacial score (nSPS) is 11.5. The average Bonchev–Trinajstić information content (AvgIpc) is 2.45. The average molecular weight is 196 g/mol. The van der Waals surface area contributed by atoms with E-state index in [-0.39, 0.29) is 17.2 Å². The molecule has 0 aromatic carbocycles. The van der Waals surface area contributed by atoms with Gasteiger partial charge in [-0.15, -0.1) is 0 Å². The summed E-state index contributed by atoms with van der Waals surface area (Å²) in [6, 6.07) is 0. The Morgan fingerprint density at radius 3 is 2.36 bits per heavy atom. The van der Waals surface area contributed by atoms with Gasteiger partial charge in [-0.25, -0.2) is 4.98 Å². The van der Waals surface area contributed by atoms with E-state index in [2.05, 4.69) is 10.3 Å². The molecular weight excluding hydrogens is 180 g/mol. The first-order chi connectivity index (χ1) is 6.36. The smallest absolute Gasteiger partial charge is 0.306 e. The van der Waals surface area contributed by atoms with Gasteiger partial charge in [0.25, 0.3) is 5.89 Å². The van der Waals surface area contributed by atoms with E-state index in [1.54, 1.807) is 7.05 Å². The van der Waals surface area contributed by atoms with Gasteiger partial charge in [-0.1, -0.05) is 20.8 Å². The summed E-state index contributed by atoms with van der Waals surface area (Å²) in [5.74, 6) is 0.551. The third kappa shape index (κ3) is 1.95. The summed E-state index contributed by atoms with van der Waals surface area (Å²) in [7, 11) is 1.55. The standard InChI is InChI=1S/C10H16N2O2/c1-6-7(10(2,3)4)12-9(14-6)8(13)11-5/h1-5H3,(H,11,13). The number of rotatable bonds is 1. The van der Waals surface area contributed by atoms with E-state index in [1.165, 1.54) is 0 Å². The number of oxazole rings is 1. The van der Waals surface area contributed by atoms with Crippen LogP contribution in [0.5, 0.6) is 0 Å². The number of nitrogens with one attached hydrogen (secondary N) is 1. The summed E-state index contributed by atoms with van der Waals surface area (Å²) in [4.78, 5) is 15.4. The van der Waals surface area contributed by atoms with Crippen LogP contribution in [0.4, 0.5) is 0 Å². The van der Waals surface area contributed by atoms with E-state index < -0.39 is 0 Å². The maximum absolute atomic E-state index is 11.2. The van der Waals surface area contributed by atoms with E-state index >= 15 is 0 Å². The van der Waals surface area contributed by atoms with Gasteiger partial charge in [-0.3, -0.25) is 4.79 Å². The van der Waals surface area contributed by atoms with Gasteiger partial charge in [-0.2, -0.15) is 0 Å². The second kappa shape index (κ2) is 3.44. The highest BCUT2D eigenvalue weighted by molar-refractivity contribution is 5.89. The predicted molar refractivity (Wildman–Crippen MR) is 53.3 cm³/mol. The minimum atomic E-state index is -0.288. The van der Waals surface area contributed by atoms with Gasteiger partial charge >= 0.3 is 5.91 Å². The highest BCUT2D eigenvalue weighted by atomic mass is 16.4. The maximum atomic E-state index is 11.2. The first kappa shape index (κ1) is 10.8. The van der Waals surface area contributed by atoms with E-state index in [9.17, 15) is 4.79 Å². The molecule has 0 bridgehead atoms. The number of hydrogen-bond acceptors (Lipinski definition) is 3. The topological polar surface area (TPSA) is 55.1 Å². The lowest BCUT2D eigenvalue weighted by atomic mass is 9.91. The molecule has 14 heavy (non-hydrogen) atoms. The Balaban J connectivity index is 3.12. The van der Waals surface area contributed by atoms with Crippen molar-refractivity contribution < 1.29 is 9.21 Å². The van der Waals surface area contributed by atoms with Crippen LogP contribution in [0.1, 0.15) is 42.9 Å². The summed E-state index contributed by atoms with van der Waals surface area (Å²) in [6.45, 7) is 7.92. The molecule has 0 radical (unpaired) electrons. The molecule has 1 aromatic rings. The zero-order valence-corrected chi connectivity index (χ0v) is 9.26. The van der Waals surface area contributed by atoms with Crippen LogP contribution in [0, 0.1) is 6.92 Å². The molecule has 0 saturated heterocycles. The zero-order valence-electron chi connectivity index (χ0n) is 9.26. The third-order valence-electron chi connectivity index (χ3n) is 1.93. The van der Waals surface area contributed by atoms with Crippen molar-refractivity contribution >= 4 is 5.91 Å². The van der Waals surface area contributed by atoms with Crippen molar-refractivity contribution in [3.05, 3.63) is 17.3 Å². The van der Waals surface area contributed by atoms with Crippen LogP contribution in [-0.4, -0.2) is 17.9 Å². The molecule has 1 amide bonds. The van der Waals surface area contributed by atoms with Crippen molar-refractivity contribution in [3.8, 4) is 0 Å². The number of amides is 1. The number of nitrogens with zero attached hydrogens (tertiary/aromatic N) is 1. The molecule has 4 heteroatoms. The summed E-state index contributed by atoms with van der Waals surface area (Å²) in [5.41, 5.74) is 0.732. The van der Waals surface area contributed by atoms with Gasteiger partial charge in [0.1, 0.15) is 5.76 Å². The van der Waals surface area contributed by atoms with Gasteiger partial charge in [0, 0.05) is 12.5 Å². The Morgan fingerprint density at radius 1 is 1.43 bits per heavy atom. The molecule has 78 valence electrons. The van der Waals surface area contributed by atoms with E-state index in [0.717, 1.165) is 5.69 Å². The molecule has 1 rings (SSSR count). The first-order valence-corrected chi connectivity index (χ1v) is 4.56. The van der Waals surface area contributed by atoms with Crippen molar-refractivity contribution in [2.75, 3.05) is 7.05 Å². The van der Waals surface area contributed by atoms with Crippen LogP contribution in [0.2, 0.25) is 0 Å². The quantitative estimate of drug-likeness (QED) is 0.742. The van der Waals surface area contributed by atoms with Crippen LogP contribution < -0.4 is 5.32 Å². The van der Waals surface area contributed by atoms with E-state index in [0.29, 0.717) is 5.76 Å². The lowest BCUT2D eigenvalue weighted by Gasteiger charge is -2.14. The Labute approximate surface area is 83.7 Å². The molecular formula is C10H16N2O2. The molecule has 4 nitrogen and oxygen atoms in total. The van der Waals surface area contributed by atoms with Crippen molar-refractivity contribution in [3.63, 3.8) is 0 Å². The molecule has 0 aliphatic heterocycles. The van der Waals surface area contributed by atoms with E-state index in [4.69, 9.17) is 4.42 Å². The largest absolute Gasteiger partial charge is 0.438 e. The number of aryl methyl sites for hydroxylation is 1. The van der Waals surface area contributed by atoms with Gasteiger partial charge < -0.3 is 9.73 Å². The fraction of sp³-hybridized carbons (Fsp3) is 0.600. The molecule has 0 spiro atoms. The van der Waals surface area contributed by atoms with Crippen LogP contribution in [-0.2, 0) is 5.41 Å². The highest BCUT2D eigenvalue weighted by Crippen LogP contribution is 2.25. The van der Waals surface area contributed by atoms with Crippen molar-refractivity contribution in [1.29, 1.82) is 0 Å². The van der Waals surface area contributed by atoms with Crippen LogP contribution in [0.15, 0.2) is 4.42 Å². The number of carbonyl (C=O) groups is 1. The van der Waals surface area contributed by atoms with Gasteiger partial charge in [0.05, 0.1) is 5.69 Å². The zero-order chi connectivity index (χ0) is 10.9. The van der Waals surface area contributed by atoms with Crippen molar-refractivity contribution in [2.24, 2.45) is 0 Å². The molecule has 0 aliphatic rings. The minimum absolute atomic E-state index is 0.0974. The Bertz CT molecular complexity index is 347. The minimum Gasteiger partial charge on any atom is -0.438 e. The van der Waals surface area contributed by atoms with Gasteiger partial charge in [0.15, 0.2) is 0 Å². The number of aromatic nitrogens is 1. The first-order valence-electron chi connectivity index (χ1n) is 4.56. The Morgan fingerprint density at radius 2 is 2.00 bits per heavy atom. The Hall–Kier alpha value is -1.32. The third-order valence-corrected chi connectivity index (χ3v) is 1.93. The Kier molecular flexibility index (Phi) is 2.64. The van der Waals surface area contributed by atoms with E-state index in [1.807, 2.05) is 27.7 Å². The molecule has 0 saturated carbocycles. The van der Waals surface area contributed by atoms with Crippen LogP contribution in [0.3, 0.4) is 0 Å². The molecule has 0 atom stereocenters. The fourth-order valence-corrected chi connectivity index (χ4v) is 1.30. The second-order valence-electron chi connectivity index (χ2n) is 4.25. The summed E-state index contributed by atoms with van der Waals surface area (Å²) < 4.78 is 5.27. The predicted octanol–water partition coefficient (Wildman–Crippen LogP) is 1.64. The molecule has 1 aromatic heterocycles. The molecule has 0 aliphatic carbocycles. The van der Waals surface area contributed by atoms with Crippen molar-refractivity contribution in [2.45, 2.75) is 33.1 Å². The highest BCUT2D eigenvalue weighted by Gasteiger charge is 2.24. The van der Waals surface area contributed by atoms with Crippen molar-refractivity contribution in [1.82, 2.24) is 10.3 Å². The monoisotopic (exact) mass is 196 g/mol. The maximum Gasteiger partial charge on any atom is 0.306 e. The summed E-state index contributed by atoms with van der Waals surface area (Å²) >= 11 is 0. The summed E-state index contributed by atoms with van der Waals surface area (Å²) in [5, 5.41) is 2.48. The lowest BCUT2D eigenvalue weighted by molar-refractivity contribution is 0.0927. The van der Waals surface area contributed by atoms with Gasteiger partial charge in [-0.05, 0) is 6.92 Å². The van der Waals surface area contributed by atoms with Gasteiger partial charge in [0.2, 0.25) is 0 Å².